The van der Waals surface area contributed by atoms with E-state index in [0.29, 0.717) is 35.4 Å². The number of hydrogen-bond donors (Lipinski definition) is 1. The van der Waals surface area contributed by atoms with Crippen LogP contribution in [0.5, 0.6) is 11.8 Å². The van der Waals surface area contributed by atoms with Crippen LogP contribution in [0.3, 0.4) is 0 Å². The number of halogens is 1. The molecule has 3 aromatic rings. The maximum Gasteiger partial charge on any atom is 0.321 e. The van der Waals surface area contributed by atoms with Gasteiger partial charge in [0.2, 0.25) is 5.91 Å². The van der Waals surface area contributed by atoms with Gasteiger partial charge in [-0.25, -0.2) is 15.0 Å². The van der Waals surface area contributed by atoms with Gasteiger partial charge in [-0.1, -0.05) is 24.2 Å². The van der Waals surface area contributed by atoms with Gasteiger partial charge in [0.25, 0.3) is 0 Å². The Hall–Kier alpha value is -3.52. The molecule has 3 heterocycles. The number of carbonyl (C=O) groups is 1. The Morgan fingerprint density at radius 3 is 2.68 bits per heavy atom. The van der Waals surface area contributed by atoms with Crippen molar-refractivity contribution < 1.29 is 9.53 Å². The van der Waals surface area contributed by atoms with Gasteiger partial charge in [-0.3, -0.25) is 9.78 Å². The first-order chi connectivity index (χ1) is 15.1. The Balaban J connectivity index is 1.39. The second-order valence-corrected chi connectivity index (χ2v) is 7.49. The highest BCUT2D eigenvalue weighted by atomic mass is 35.5. The van der Waals surface area contributed by atoms with Crippen LogP contribution in [0, 0.1) is 0 Å². The number of nitrogens with zero attached hydrogens (tertiary/aromatic N) is 5. The summed E-state index contributed by atoms with van der Waals surface area (Å²) in [4.78, 5) is 30.9. The monoisotopic (exact) mass is 436 g/mol. The smallest absolute Gasteiger partial charge is 0.321 e. The average molecular weight is 437 g/mol. The van der Waals surface area contributed by atoms with Crippen LogP contribution in [0.4, 0.5) is 5.82 Å². The highest BCUT2D eigenvalue weighted by Crippen LogP contribution is 2.23. The number of anilines is 1. The van der Waals surface area contributed by atoms with E-state index in [-0.39, 0.29) is 18.0 Å². The first kappa shape index (κ1) is 20.7. The summed E-state index contributed by atoms with van der Waals surface area (Å²) >= 11 is 5.97. The van der Waals surface area contributed by atoms with E-state index < -0.39 is 0 Å². The summed E-state index contributed by atoms with van der Waals surface area (Å²) < 4.78 is 5.62. The lowest BCUT2D eigenvalue weighted by Gasteiger charge is -2.31. The zero-order chi connectivity index (χ0) is 21.6. The molecule has 1 saturated heterocycles. The fraction of sp³-hybridized carbons (Fsp3) is 0.227. The van der Waals surface area contributed by atoms with Crippen LogP contribution >= 0.6 is 11.6 Å². The maximum atomic E-state index is 11.7. The van der Waals surface area contributed by atoms with Crippen molar-refractivity contribution in [1.82, 2.24) is 24.8 Å². The van der Waals surface area contributed by atoms with Gasteiger partial charge in [-0.05, 0) is 37.1 Å². The molecule has 158 valence electrons. The molecule has 0 spiro atoms. The number of rotatable bonds is 6. The van der Waals surface area contributed by atoms with Gasteiger partial charge in [-0.15, -0.1) is 0 Å². The molecule has 9 heteroatoms. The number of ether oxygens (including phenoxy) is 1. The normalized spacial score (nSPS) is 14.2. The van der Waals surface area contributed by atoms with Crippen LogP contribution in [0.15, 0.2) is 61.7 Å². The van der Waals surface area contributed by atoms with Crippen LogP contribution in [0.25, 0.3) is 11.3 Å². The van der Waals surface area contributed by atoms with Crippen molar-refractivity contribution in [2.75, 3.05) is 18.4 Å². The van der Waals surface area contributed by atoms with Crippen LogP contribution in [-0.4, -0.2) is 49.9 Å². The lowest BCUT2D eigenvalue weighted by molar-refractivity contribution is -0.126. The molecule has 2 aromatic heterocycles. The number of amides is 1. The number of nitrogens with one attached hydrogen (secondary N) is 1. The van der Waals surface area contributed by atoms with E-state index in [1.165, 1.54) is 6.08 Å². The summed E-state index contributed by atoms with van der Waals surface area (Å²) in [7, 11) is 0. The fourth-order valence-corrected chi connectivity index (χ4v) is 3.47. The molecule has 31 heavy (non-hydrogen) atoms. The van der Waals surface area contributed by atoms with Gasteiger partial charge in [0.1, 0.15) is 11.6 Å². The molecule has 0 bridgehead atoms. The first-order valence-corrected chi connectivity index (χ1v) is 10.2. The summed E-state index contributed by atoms with van der Waals surface area (Å²) in [5.74, 6) is 1.21. The van der Waals surface area contributed by atoms with Crippen molar-refractivity contribution in [1.29, 1.82) is 0 Å². The summed E-state index contributed by atoms with van der Waals surface area (Å²) in [5.41, 5.74) is 1.37. The Morgan fingerprint density at radius 2 is 1.97 bits per heavy atom. The predicted octanol–water partition coefficient (Wildman–Crippen LogP) is 3.97. The number of benzene rings is 1. The first-order valence-electron chi connectivity index (χ1n) is 9.86. The van der Waals surface area contributed by atoms with Crippen molar-refractivity contribution in [2.45, 2.75) is 18.9 Å². The van der Waals surface area contributed by atoms with Gasteiger partial charge in [0.05, 0.1) is 18.1 Å². The Bertz CT molecular complexity index is 1070. The minimum atomic E-state index is -0.0250. The summed E-state index contributed by atoms with van der Waals surface area (Å²) in [6.07, 6.45) is 9.65. The minimum absolute atomic E-state index is 0.0250. The molecule has 0 atom stereocenters. The molecule has 1 amide bonds. The maximum absolute atomic E-state index is 11.7. The van der Waals surface area contributed by atoms with E-state index in [0.717, 1.165) is 18.4 Å². The molecule has 1 aliphatic heterocycles. The van der Waals surface area contributed by atoms with Gasteiger partial charge in [-0.2, -0.15) is 0 Å². The van der Waals surface area contributed by atoms with Crippen molar-refractivity contribution in [3.05, 3.63) is 66.7 Å². The van der Waals surface area contributed by atoms with Crippen molar-refractivity contribution in [2.24, 2.45) is 0 Å². The summed E-state index contributed by atoms with van der Waals surface area (Å²) in [6.45, 7) is 4.93. The van der Waals surface area contributed by atoms with Crippen molar-refractivity contribution in [3.63, 3.8) is 0 Å². The number of carbonyl (C=O) groups excluding carboxylic acids is 1. The van der Waals surface area contributed by atoms with E-state index in [1.54, 1.807) is 54.0 Å². The molecule has 0 saturated carbocycles. The largest absolute Gasteiger partial charge is 0.424 e. The van der Waals surface area contributed by atoms with Crippen LogP contribution in [0.2, 0.25) is 5.02 Å². The van der Waals surface area contributed by atoms with E-state index in [9.17, 15) is 4.79 Å². The molecule has 0 unspecified atom stereocenters. The second-order valence-electron chi connectivity index (χ2n) is 7.05. The van der Waals surface area contributed by atoms with Gasteiger partial charge in [0, 0.05) is 42.1 Å². The molecular weight excluding hydrogens is 416 g/mol. The van der Waals surface area contributed by atoms with E-state index in [4.69, 9.17) is 16.3 Å². The summed E-state index contributed by atoms with van der Waals surface area (Å²) in [6, 6.07) is 7.47. The van der Waals surface area contributed by atoms with E-state index >= 15 is 0 Å². The van der Waals surface area contributed by atoms with Gasteiger partial charge < -0.3 is 15.0 Å². The van der Waals surface area contributed by atoms with Gasteiger partial charge in [0.15, 0.2) is 0 Å². The number of hydrogen-bond acceptors (Lipinski definition) is 7. The Kier molecular flexibility index (Phi) is 6.37. The highest BCUT2D eigenvalue weighted by molar-refractivity contribution is 6.30. The SMILES string of the molecule is C=CC(=O)N1CCC(Nc2cncc(-c3cnc(Oc4cccc(Cl)c4)nc3)n2)CC1. The zero-order valence-corrected chi connectivity index (χ0v) is 17.5. The molecule has 4 rings (SSSR count). The fourth-order valence-electron chi connectivity index (χ4n) is 3.29. The van der Waals surface area contributed by atoms with Crippen LogP contribution in [-0.2, 0) is 4.79 Å². The highest BCUT2D eigenvalue weighted by Gasteiger charge is 2.21. The molecule has 1 fully saturated rings. The molecule has 0 radical (unpaired) electrons. The van der Waals surface area contributed by atoms with Crippen LogP contribution in [0.1, 0.15) is 12.8 Å². The van der Waals surface area contributed by atoms with Crippen LogP contribution < -0.4 is 10.1 Å². The lowest BCUT2D eigenvalue weighted by Crippen LogP contribution is -2.41. The summed E-state index contributed by atoms with van der Waals surface area (Å²) in [5, 5.41) is 3.98. The minimum Gasteiger partial charge on any atom is -0.424 e. The van der Waals surface area contributed by atoms with E-state index in [2.05, 4.69) is 31.8 Å². The topological polar surface area (TPSA) is 93.1 Å². The molecule has 1 aliphatic rings. The number of likely N-dealkylation sites (tertiary alicyclic amines) is 1. The molecular formula is C22H21ClN6O2. The second kappa shape index (κ2) is 9.53. The standard InChI is InChI=1S/C22H21ClN6O2/c1-2-21(30)29-8-6-17(7-9-29)27-20-14-24-13-19(28-20)15-11-25-22(26-12-15)31-18-5-3-4-16(23)10-18/h2-5,10-14,17H,1,6-9H2,(H,27,28). The Labute approximate surface area is 185 Å². The van der Waals surface area contributed by atoms with E-state index in [1.807, 2.05) is 0 Å². The molecule has 1 aromatic carbocycles. The van der Waals surface area contributed by atoms with Crippen molar-refractivity contribution in [3.8, 4) is 23.0 Å². The molecule has 1 N–H and O–H groups in total. The third kappa shape index (κ3) is 5.35. The quantitative estimate of drug-likeness (QED) is 0.584. The Morgan fingerprint density at radius 1 is 1.19 bits per heavy atom. The average Bonchev–Trinajstić information content (AvgIpc) is 2.80. The third-order valence-corrected chi connectivity index (χ3v) is 5.13. The van der Waals surface area contributed by atoms with Crippen molar-refractivity contribution >= 4 is 23.3 Å². The molecule has 8 nitrogen and oxygen atoms in total. The zero-order valence-electron chi connectivity index (χ0n) is 16.7. The number of aromatic nitrogens is 4. The van der Waals surface area contributed by atoms with Gasteiger partial charge >= 0.3 is 6.01 Å². The number of piperidine rings is 1. The lowest BCUT2D eigenvalue weighted by atomic mass is 10.1. The predicted molar refractivity (Wildman–Crippen MR) is 118 cm³/mol. The third-order valence-electron chi connectivity index (χ3n) is 4.90. The molecule has 0 aliphatic carbocycles.